The molecule has 19 heavy (non-hydrogen) atoms. The molecule has 2 rings (SSSR count). The number of fused-ring (bicyclic) bond motifs is 1. The lowest BCUT2D eigenvalue weighted by Crippen LogP contribution is -2.21. The van der Waals surface area contributed by atoms with E-state index in [2.05, 4.69) is 11.1 Å². The van der Waals surface area contributed by atoms with Crippen LogP contribution in [0.5, 0.6) is 0 Å². The van der Waals surface area contributed by atoms with Gasteiger partial charge in [0.15, 0.2) is 0 Å². The number of nitrogens with two attached hydrogens (primary N) is 2. The highest BCUT2D eigenvalue weighted by Gasteiger charge is 2.38. The van der Waals surface area contributed by atoms with E-state index in [-0.39, 0.29) is 0 Å². The van der Waals surface area contributed by atoms with Crippen LogP contribution >= 0.6 is 11.3 Å². The van der Waals surface area contributed by atoms with Gasteiger partial charge in [0.1, 0.15) is 5.82 Å². The highest BCUT2D eigenvalue weighted by molar-refractivity contribution is 7.19. The van der Waals surface area contributed by atoms with Crippen molar-refractivity contribution in [3.63, 3.8) is 0 Å². The summed E-state index contributed by atoms with van der Waals surface area (Å²) in [5, 5.41) is 8.26. The number of nitrogens with zero attached hydrogens (tertiary/aromatic N) is 1. The van der Waals surface area contributed by atoms with Crippen LogP contribution in [0, 0.1) is 0 Å². The molecule has 0 aliphatic rings. The van der Waals surface area contributed by atoms with Gasteiger partial charge in [-0.1, -0.05) is 0 Å². The number of anilines is 1. The lowest BCUT2D eigenvalue weighted by molar-refractivity contribution is -0.192. The van der Waals surface area contributed by atoms with Crippen LogP contribution in [-0.4, -0.2) is 22.2 Å². The summed E-state index contributed by atoms with van der Waals surface area (Å²) in [6.45, 7) is 0.568. The van der Waals surface area contributed by atoms with Crippen LogP contribution < -0.4 is 11.5 Å². The van der Waals surface area contributed by atoms with Gasteiger partial charge in [0.05, 0.1) is 4.70 Å². The molecule has 0 bridgehead atoms. The molecule has 2 heterocycles. The Hall–Kier alpha value is -1.87. The second-order valence-corrected chi connectivity index (χ2v) is 4.47. The molecule has 2 aromatic rings. The molecule has 2 aromatic heterocycles. The van der Waals surface area contributed by atoms with E-state index in [1.54, 1.807) is 17.5 Å². The fraction of sp³-hybridized carbons (Fsp3) is 0.200. The fourth-order valence-electron chi connectivity index (χ4n) is 1.14. The predicted octanol–water partition coefficient (Wildman–Crippen LogP) is 1.97. The number of halogens is 3. The van der Waals surface area contributed by atoms with E-state index in [1.807, 2.05) is 6.07 Å². The van der Waals surface area contributed by atoms with Crippen LogP contribution in [-0.2, 0) is 11.3 Å². The molecule has 0 spiro atoms. The minimum atomic E-state index is -5.08. The van der Waals surface area contributed by atoms with Crippen molar-refractivity contribution in [2.45, 2.75) is 12.7 Å². The monoisotopic (exact) mass is 293 g/mol. The molecule has 0 aromatic carbocycles. The topological polar surface area (TPSA) is 102 Å². The van der Waals surface area contributed by atoms with E-state index in [4.69, 9.17) is 21.4 Å². The van der Waals surface area contributed by atoms with Crippen LogP contribution in [0.25, 0.3) is 10.1 Å². The summed E-state index contributed by atoms with van der Waals surface area (Å²) in [6.07, 6.45) is -3.37. The van der Waals surface area contributed by atoms with Crippen molar-refractivity contribution in [2.24, 2.45) is 5.73 Å². The van der Waals surface area contributed by atoms with Crippen LogP contribution in [0.15, 0.2) is 18.3 Å². The number of carboxylic acids is 1. The number of alkyl halides is 3. The molecule has 9 heteroatoms. The Bertz CT molecular complexity index is 583. The van der Waals surface area contributed by atoms with Gasteiger partial charge in [-0.2, -0.15) is 13.2 Å². The van der Waals surface area contributed by atoms with Crippen molar-refractivity contribution in [3.8, 4) is 0 Å². The molecule has 0 amide bonds. The van der Waals surface area contributed by atoms with Gasteiger partial charge in [0, 0.05) is 17.6 Å². The SMILES string of the molecule is NCc1cc2ccnc(N)c2s1.O=C(O)C(F)(F)F. The molecule has 0 atom stereocenters. The lowest BCUT2D eigenvalue weighted by atomic mass is 10.3. The second kappa shape index (κ2) is 5.85. The fourth-order valence-corrected chi connectivity index (χ4v) is 2.07. The third-order valence-corrected chi connectivity index (χ3v) is 3.15. The highest BCUT2D eigenvalue weighted by Crippen LogP contribution is 2.28. The number of hydrogen-bond donors (Lipinski definition) is 3. The molecule has 5 nitrogen and oxygen atoms in total. The average Bonchev–Trinajstić information content (AvgIpc) is 2.73. The van der Waals surface area contributed by atoms with Crippen molar-refractivity contribution in [1.29, 1.82) is 0 Å². The highest BCUT2D eigenvalue weighted by atomic mass is 32.1. The first-order chi connectivity index (χ1) is 8.75. The van der Waals surface area contributed by atoms with E-state index in [0.29, 0.717) is 12.4 Å². The van der Waals surface area contributed by atoms with E-state index in [1.165, 1.54) is 0 Å². The van der Waals surface area contributed by atoms with Gasteiger partial charge < -0.3 is 16.6 Å². The summed E-state index contributed by atoms with van der Waals surface area (Å²) < 4.78 is 32.8. The summed E-state index contributed by atoms with van der Waals surface area (Å²) in [6, 6.07) is 4.00. The number of carboxylic acid groups (broad SMARTS) is 1. The van der Waals surface area contributed by atoms with E-state index < -0.39 is 12.1 Å². The molecule has 0 aliphatic carbocycles. The maximum Gasteiger partial charge on any atom is 0.490 e. The molecule has 0 saturated heterocycles. The molecular weight excluding hydrogens is 283 g/mol. The zero-order chi connectivity index (χ0) is 14.6. The molecule has 0 saturated carbocycles. The summed E-state index contributed by atoms with van der Waals surface area (Å²) in [5.74, 6) is -2.16. The van der Waals surface area contributed by atoms with Crippen molar-refractivity contribution >= 4 is 33.2 Å². The van der Waals surface area contributed by atoms with Crippen LogP contribution in [0.2, 0.25) is 0 Å². The van der Waals surface area contributed by atoms with Gasteiger partial charge in [-0.15, -0.1) is 11.3 Å². The predicted molar refractivity (Wildman–Crippen MR) is 65.6 cm³/mol. The zero-order valence-corrected chi connectivity index (χ0v) is 10.3. The van der Waals surface area contributed by atoms with Gasteiger partial charge in [-0.3, -0.25) is 0 Å². The summed E-state index contributed by atoms with van der Waals surface area (Å²) in [5.41, 5.74) is 11.2. The Morgan fingerprint density at radius 3 is 2.47 bits per heavy atom. The lowest BCUT2D eigenvalue weighted by Gasteiger charge is -1.93. The van der Waals surface area contributed by atoms with Crippen molar-refractivity contribution in [3.05, 3.63) is 23.2 Å². The number of carbonyl (C=O) groups is 1. The minimum absolute atomic E-state index is 0.568. The average molecular weight is 293 g/mol. The van der Waals surface area contributed by atoms with Gasteiger partial charge in [0.2, 0.25) is 0 Å². The first-order valence-corrected chi connectivity index (χ1v) is 5.70. The zero-order valence-electron chi connectivity index (χ0n) is 9.44. The number of aliphatic carboxylic acids is 1. The number of aromatic nitrogens is 1. The number of thiophene rings is 1. The Morgan fingerprint density at radius 1 is 1.47 bits per heavy atom. The normalized spacial score (nSPS) is 10.9. The first kappa shape index (κ1) is 15.2. The third kappa shape index (κ3) is 4.07. The van der Waals surface area contributed by atoms with Gasteiger partial charge >= 0.3 is 12.1 Å². The van der Waals surface area contributed by atoms with Crippen molar-refractivity contribution < 1.29 is 23.1 Å². The largest absolute Gasteiger partial charge is 0.490 e. The number of hydrogen-bond acceptors (Lipinski definition) is 5. The van der Waals surface area contributed by atoms with Crippen molar-refractivity contribution in [2.75, 3.05) is 5.73 Å². The minimum Gasteiger partial charge on any atom is -0.475 e. The molecule has 0 unspecified atom stereocenters. The number of nitrogen functional groups attached to an aromatic ring is 1. The Morgan fingerprint density at radius 2 is 2.05 bits per heavy atom. The van der Waals surface area contributed by atoms with Crippen LogP contribution in [0.3, 0.4) is 0 Å². The first-order valence-electron chi connectivity index (χ1n) is 4.88. The Kier molecular flexibility index (Phi) is 4.67. The van der Waals surface area contributed by atoms with Gasteiger partial charge in [-0.25, -0.2) is 9.78 Å². The van der Waals surface area contributed by atoms with Crippen LogP contribution in [0.4, 0.5) is 19.0 Å². The number of pyridine rings is 1. The molecule has 0 radical (unpaired) electrons. The Balaban J connectivity index is 0.000000224. The molecule has 104 valence electrons. The maximum atomic E-state index is 10.6. The molecule has 5 N–H and O–H groups in total. The van der Waals surface area contributed by atoms with E-state index in [0.717, 1.165) is 15.0 Å². The van der Waals surface area contributed by atoms with Gasteiger partial charge in [-0.05, 0) is 17.5 Å². The summed E-state index contributed by atoms with van der Waals surface area (Å²) >= 11 is 1.61. The molecule has 0 aliphatic heterocycles. The molecular formula is C10H10F3N3O2S. The third-order valence-electron chi connectivity index (χ3n) is 1.96. The van der Waals surface area contributed by atoms with Gasteiger partial charge in [0.25, 0.3) is 0 Å². The smallest absolute Gasteiger partial charge is 0.475 e. The van der Waals surface area contributed by atoms with E-state index >= 15 is 0 Å². The van der Waals surface area contributed by atoms with Crippen LogP contribution in [0.1, 0.15) is 4.88 Å². The second-order valence-electron chi connectivity index (χ2n) is 3.33. The molecule has 0 fully saturated rings. The number of rotatable bonds is 1. The maximum absolute atomic E-state index is 10.6. The van der Waals surface area contributed by atoms with E-state index in [9.17, 15) is 13.2 Å². The quantitative estimate of drug-likeness (QED) is 0.746. The van der Waals surface area contributed by atoms with Crippen molar-refractivity contribution in [1.82, 2.24) is 4.98 Å². The summed E-state index contributed by atoms with van der Waals surface area (Å²) in [4.78, 5) is 14.0. The Labute approximate surface area is 109 Å². The summed E-state index contributed by atoms with van der Waals surface area (Å²) in [7, 11) is 0. The standard InChI is InChI=1S/C8H9N3S.C2HF3O2/c9-4-6-3-5-1-2-11-8(10)7(5)12-6;3-2(4,5)1(6)7/h1-3H,4,9H2,(H2,10,11);(H,6,7).